The summed E-state index contributed by atoms with van der Waals surface area (Å²) in [6, 6.07) is 0. The Morgan fingerprint density at radius 3 is 2.13 bits per heavy atom. The van der Waals surface area contributed by atoms with Crippen LogP contribution in [0.2, 0.25) is 0 Å². The lowest BCUT2D eigenvalue weighted by atomic mass is 10.1. The van der Waals surface area contributed by atoms with Gasteiger partial charge in [-0.15, -0.1) is 6.58 Å². The number of carbonyl (C=O) groups is 1. The Hall–Kier alpha value is -2.43. The van der Waals surface area contributed by atoms with Gasteiger partial charge >= 0.3 is 6.09 Å². The van der Waals surface area contributed by atoms with Gasteiger partial charge in [-0.3, -0.25) is 9.59 Å². The van der Waals surface area contributed by atoms with E-state index >= 15 is 0 Å². The van der Waals surface area contributed by atoms with Crippen LogP contribution >= 0.6 is 0 Å². The number of unbranched alkanes of at least 4 members (excludes halogenated alkanes) is 1. The van der Waals surface area contributed by atoms with Crippen molar-refractivity contribution in [2.75, 3.05) is 71.3 Å². The zero-order valence-electron chi connectivity index (χ0n) is 23.8. The highest BCUT2D eigenvalue weighted by molar-refractivity contribution is 5.67. The number of alkyl carbamates (subject to hydrolysis) is 1. The van der Waals surface area contributed by atoms with Gasteiger partial charge in [0.2, 0.25) is 0 Å². The maximum absolute atomic E-state index is 12.0. The summed E-state index contributed by atoms with van der Waals surface area (Å²) in [5.74, 6) is 1.98. The molecule has 0 aromatic heterocycles. The molecule has 1 aromatic rings. The smallest absolute Gasteiger partial charge is 0.407 e. The Morgan fingerprint density at radius 1 is 0.846 bits per heavy atom. The third-order valence-corrected chi connectivity index (χ3v) is 6.91. The molecule has 2 N–H and O–H groups in total. The Balaban J connectivity index is 1.34. The van der Waals surface area contributed by atoms with Crippen molar-refractivity contribution in [3.63, 3.8) is 0 Å². The molecule has 1 fully saturated rings. The van der Waals surface area contributed by atoms with Gasteiger partial charge < -0.3 is 34.3 Å². The molecule has 0 spiro atoms. The fraction of sp³-hybridized carbons (Fsp3) is 0.759. The van der Waals surface area contributed by atoms with Gasteiger partial charge in [-0.05, 0) is 56.8 Å². The quantitative estimate of drug-likeness (QED) is 0.106. The maximum Gasteiger partial charge on any atom is 0.407 e. The van der Waals surface area contributed by atoms with Gasteiger partial charge in [0.15, 0.2) is 5.75 Å². The number of nitrogens with one attached hydrogen (secondary N) is 2. The average Bonchev–Trinajstić information content (AvgIpc) is 3.62. The van der Waals surface area contributed by atoms with Crippen molar-refractivity contribution in [3.8, 4) is 5.75 Å². The van der Waals surface area contributed by atoms with Crippen molar-refractivity contribution in [3.05, 3.63) is 33.1 Å². The SMILES string of the molecule is C=CCCC1C(CCCC)C1COC(=O)NCCCOCCOCCOCCCNc1c(OCC)c(=O)c1=O. The molecule has 1 aromatic carbocycles. The molecule has 0 saturated heterocycles. The van der Waals surface area contributed by atoms with E-state index in [0.717, 1.165) is 12.8 Å². The van der Waals surface area contributed by atoms with Gasteiger partial charge in [-0.2, -0.15) is 0 Å². The van der Waals surface area contributed by atoms with Crippen molar-refractivity contribution < 1.29 is 28.5 Å². The van der Waals surface area contributed by atoms with Gasteiger partial charge in [0.1, 0.15) is 5.69 Å². The third-order valence-electron chi connectivity index (χ3n) is 6.91. The molecule has 10 heteroatoms. The molecule has 3 atom stereocenters. The van der Waals surface area contributed by atoms with Crippen LogP contribution in [0.1, 0.15) is 58.8 Å². The maximum atomic E-state index is 12.0. The number of hydrogen-bond acceptors (Lipinski definition) is 9. The first kappa shape index (κ1) is 32.8. The number of allylic oxidation sites excluding steroid dienone is 1. The number of hydrogen-bond donors (Lipinski definition) is 2. The second-order valence-electron chi connectivity index (χ2n) is 9.79. The molecule has 10 nitrogen and oxygen atoms in total. The molecule has 0 heterocycles. The largest absolute Gasteiger partial charge is 0.488 e. The number of ether oxygens (including phenoxy) is 5. The first-order valence-electron chi connectivity index (χ1n) is 14.5. The molecule has 1 aliphatic rings. The minimum Gasteiger partial charge on any atom is -0.488 e. The molecular weight excluding hydrogens is 504 g/mol. The Morgan fingerprint density at radius 2 is 1.49 bits per heavy atom. The van der Waals surface area contributed by atoms with E-state index in [4.69, 9.17) is 23.7 Å². The molecule has 2 rings (SSSR count). The lowest BCUT2D eigenvalue weighted by Crippen LogP contribution is -2.36. The summed E-state index contributed by atoms with van der Waals surface area (Å²) in [5, 5.41) is 5.73. The molecular formula is C29H48N2O8. The minimum atomic E-state index is -0.568. The molecule has 0 radical (unpaired) electrons. The van der Waals surface area contributed by atoms with Crippen LogP contribution in [-0.4, -0.2) is 72.0 Å². The van der Waals surface area contributed by atoms with Crippen molar-refractivity contribution in [1.29, 1.82) is 0 Å². The molecule has 0 aliphatic heterocycles. The van der Waals surface area contributed by atoms with Crippen molar-refractivity contribution in [2.24, 2.45) is 17.8 Å². The standard InChI is InChI=1S/C29H48N2O8/c1-4-7-11-22-23(12-8-5-2)24(22)21-39-29(34)31-14-10-16-36-18-20-37-19-17-35-15-9-13-30-25-26(32)27(33)28(25)38-6-3/h4,22-24,30H,1,5-21H2,2-3H3,(H,31,34). The van der Waals surface area contributed by atoms with Crippen LogP contribution in [-0.2, 0) is 18.9 Å². The van der Waals surface area contributed by atoms with E-state index in [1.165, 1.54) is 19.3 Å². The summed E-state index contributed by atoms with van der Waals surface area (Å²) in [6.07, 6.45) is 8.84. The average molecular weight is 553 g/mol. The highest BCUT2D eigenvalue weighted by Crippen LogP contribution is 2.52. The fourth-order valence-electron chi connectivity index (χ4n) is 4.71. The van der Waals surface area contributed by atoms with Gasteiger partial charge in [0, 0.05) is 26.3 Å². The topological polar surface area (TPSA) is 121 Å². The van der Waals surface area contributed by atoms with Gasteiger partial charge in [0.25, 0.3) is 10.9 Å². The third kappa shape index (κ3) is 12.1. The summed E-state index contributed by atoms with van der Waals surface area (Å²) in [4.78, 5) is 34.9. The summed E-state index contributed by atoms with van der Waals surface area (Å²) in [5.41, 5.74) is -0.832. The fourth-order valence-corrected chi connectivity index (χ4v) is 4.71. The summed E-state index contributed by atoms with van der Waals surface area (Å²) in [7, 11) is 0. The zero-order valence-corrected chi connectivity index (χ0v) is 23.8. The van der Waals surface area contributed by atoms with E-state index < -0.39 is 10.9 Å². The number of rotatable bonds is 25. The van der Waals surface area contributed by atoms with Crippen molar-refractivity contribution in [2.45, 2.75) is 58.8 Å². The van der Waals surface area contributed by atoms with Crippen LogP contribution in [0, 0.1) is 17.8 Å². The van der Waals surface area contributed by atoms with Crippen LogP contribution in [0.3, 0.4) is 0 Å². The second kappa shape index (κ2) is 19.6. The van der Waals surface area contributed by atoms with Crippen LogP contribution in [0.25, 0.3) is 0 Å². The lowest BCUT2D eigenvalue weighted by Gasteiger charge is -2.13. The first-order valence-corrected chi connectivity index (χ1v) is 14.5. The van der Waals surface area contributed by atoms with E-state index in [0.29, 0.717) is 96.5 Å². The summed E-state index contributed by atoms with van der Waals surface area (Å²) < 4.78 is 27.1. The summed E-state index contributed by atoms with van der Waals surface area (Å²) in [6.45, 7) is 12.6. The Kier molecular flexibility index (Phi) is 16.5. The predicted molar refractivity (Wildman–Crippen MR) is 151 cm³/mol. The van der Waals surface area contributed by atoms with E-state index in [1.54, 1.807) is 6.92 Å². The minimum absolute atomic E-state index is 0.130. The molecule has 39 heavy (non-hydrogen) atoms. The Bertz CT molecular complexity index is 898. The molecule has 0 bridgehead atoms. The van der Waals surface area contributed by atoms with Gasteiger partial charge in [-0.1, -0.05) is 25.8 Å². The van der Waals surface area contributed by atoms with E-state index in [2.05, 4.69) is 24.1 Å². The molecule has 1 saturated carbocycles. The van der Waals surface area contributed by atoms with Crippen molar-refractivity contribution >= 4 is 11.8 Å². The van der Waals surface area contributed by atoms with Crippen LogP contribution < -0.4 is 26.2 Å². The number of anilines is 1. The van der Waals surface area contributed by atoms with E-state index in [1.807, 2.05) is 6.08 Å². The molecule has 3 unspecified atom stereocenters. The summed E-state index contributed by atoms with van der Waals surface area (Å²) >= 11 is 0. The highest BCUT2D eigenvalue weighted by atomic mass is 16.6. The van der Waals surface area contributed by atoms with Gasteiger partial charge in [0.05, 0.1) is 39.6 Å². The predicted octanol–water partition coefficient (Wildman–Crippen LogP) is 3.67. The zero-order chi connectivity index (χ0) is 28.3. The molecule has 1 amide bonds. The van der Waals surface area contributed by atoms with Gasteiger partial charge in [-0.25, -0.2) is 4.79 Å². The highest BCUT2D eigenvalue weighted by Gasteiger charge is 2.48. The van der Waals surface area contributed by atoms with Crippen molar-refractivity contribution in [1.82, 2.24) is 5.32 Å². The lowest BCUT2D eigenvalue weighted by molar-refractivity contribution is 0.0141. The van der Waals surface area contributed by atoms with Crippen LogP contribution in [0.15, 0.2) is 22.2 Å². The van der Waals surface area contributed by atoms with Crippen LogP contribution in [0.4, 0.5) is 10.5 Å². The molecule has 1 aliphatic carbocycles. The normalized spacial score (nSPS) is 18.2. The first-order chi connectivity index (χ1) is 19.0. The van der Waals surface area contributed by atoms with Crippen LogP contribution in [0.5, 0.6) is 5.75 Å². The number of amides is 1. The number of carbonyl (C=O) groups excluding carboxylic acids is 1. The second-order valence-corrected chi connectivity index (χ2v) is 9.79. The van der Waals surface area contributed by atoms with E-state index in [9.17, 15) is 14.4 Å². The Labute approximate surface area is 232 Å². The van der Waals surface area contributed by atoms with E-state index in [-0.39, 0.29) is 17.5 Å². The molecule has 222 valence electrons. The monoisotopic (exact) mass is 552 g/mol.